The summed E-state index contributed by atoms with van der Waals surface area (Å²) in [6, 6.07) is 2.00. The minimum absolute atomic E-state index is 0.278. The van der Waals surface area contributed by atoms with Gasteiger partial charge in [0.15, 0.2) is 0 Å². The number of aromatic nitrogens is 5. The molecule has 0 unspecified atom stereocenters. The summed E-state index contributed by atoms with van der Waals surface area (Å²) in [5, 5.41) is 9.25. The van der Waals surface area contributed by atoms with Crippen LogP contribution in [0.15, 0.2) is 18.5 Å². The van der Waals surface area contributed by atoms with Crippen molar-refractivity contribution in [2.24, 2.45) is 7.05 Å². The number of rotatable bonds is 5. The van der Waals surface area contributed by atoms with Crippen molar-refractivity contribution in [3.05, 3.63) is 40.4 Å². The molecule has 24 heavy (non-hydrogen) atoms. The van der Waals surface area contributed by atoms with Crippen LogP contribution in [0.5, 0.6) is 0 Å². The van der Waals surface area contributed by atoms with Crippen LogP contribution in [-0.2, 0) is 18.3 Å². The van der Waals surface area contributed by atoms with E-state index in [0.717, 1.165) is 22.0 Å². The maximum atomic E-state index is 12.3. The highest BCUT2D eigenvalue weighted by Gasteiger charge is 2.18. The molecule has 3 aromatic rings. The first-order chi connectivity index (χ1) is 11.4. The minimum atomic E-state index is -0.346. The number of hydrogen-bond donors (Lipinski definition) is 0. The maximum absolute atomic E-state index is 12.3. The summed E-state index contributed by atoms with van der Waals surface area (Å²) < 4.78 is 8.92. The van der Waals surface area contributed by atoms with Gasteiger partial charge in [-0.3, -0.25) is 9.36 Å². The summed E-state index contributed by atoms with van der Waals surface area (Å²) >= 11 is 1.33. The van der Waals surface area contributed by atoms with Gasteiger partial charge in [0, 0.05) is 24.5 Å². The van der Waals surface area contributed by atoms with E-state index in [1.807, 2.05) is 44.8 Å². The fourth-order valence-corrected chi connectivity index (χ4v) is 3.37. The van der Waals surface area contributed by atoms with Crippen LogP contribution >= 0.6 is 11.3 Å². The van der Waals surface area contributed by atoms with Gasteiger partial charge < -0.3 is 4.74 Å². The summed E-state index contributed by atoms with van der Waals surface area (Å²) in [5.74, 6) is -0.346. The van der Waals surface area contributed by atoms with Gasteiger partial charge in [-0.05, 0) is 26.8 Å². The zero-order valence-corrected chi connectivity index (χ0v) is 14.9. The number of carbonyl (C=O) groups excluding carboxylic acids is 1. The van der Waals surface area contributed by atoms with E-state index in [0.29, 0.717) is 17.1 Å². The third kappa shape index (κ3) is 3.38. The van der Waals surface area contributed by atoms with Gasteiger partial charge in [0.1, 0.15) is 16.5 Å². The molecule has 0 bridgehead atoms. The molecule has 3 heterocycles. The highest BCUT2D eigenvalue weighted by molar-refractivity contribution is 7.17. The Morgan fingerprint density at radius 3 is 2.75 bits per heavy atom. The minimum Gasteiger partial charge on any atom is -0.459 e. The van der Waals surface area contributed by atoms with Gasteiger partial charge >= 0.3 is 5.97 Å². The molecule has 0 fully saturated rings. The molecule has 0 N–H and O–H groups in total. The zero-order valence-electron chi connectivity index (χ0n) is 14.1. The molecule has 0 atom stereocenters. The fourth-order valence-electron chi connectivity index (χ4n) is 2.43. The first kappa shape index (κ1) is 16.4. The molecule has 0 saturated heterocycles. The van der Waals surface area contributed by atoms with E-state index in [-0.39, 0.29) is 12.6 Å². The van der Waals surface area contributed by atoms with Gasteiger partial charge in [-0.2, -0.15) is 10.2 Å². The monoisotopic (exact) mass is 345 g/mol. The van der Waals surface area contributed by atoms with Crippen molar-refractivity contribution in [2.45, 2.75) is 27.3 Å². The number of carbonyl (C=O) groups is 1. The van der Waals surface area contributed by atoms with Crippen molar-refractivity contribution in [2.75, 3.05) is 6.61 Å². The van der Waals surface area contributed by atoms with Crippen molar-refractivity contribution in [1.29, 1.82) is 0 Å². The van der Waals surface area contributed by atoms with E-state index < -0.39 is 0 Å². The van der Waals surface area contributed by atoms with Crippen LogP contribution in [0.25, 0.3) is 10.6 Å². The van der Waals surface area contributed by atoms with Crippen LogP contribution in [-0.4, -0.2) is 37.1 Å². The lowest BCUT2D eigenvalue weighted by molar-refractivity contribution is 0.0491. The second kappa shape index (κ2) is 6.56. The lowest BCUT2D eigenvalue weighted by Crippen LogP contribution is -2.13. The van der Waals surface area contributed by atoms with Crippen LogP contribution in [0.2, 0.25) is 0 Å². The zero-order chi connectivity index (χ0) is 17.3. The van der Waals surface area contributed by atoms with Crippen molar-refractivity contribution in [3.63, 3.8) is 0 Å². The molecule has 0 aliphatic heterocycles. The number of thiazole rings is 1. The molecule has 3 aromatic heterocycles. The Bertz CT molecular complexity index is 877. The molecule has 3 rings (SSSR count). The Labute approximate surface area is 143 Å². The van der Waals surface area contributed by atoms with Crippen molar-refractivity contribution < 1.29 is 9.53 Å². The standard InChI is InChI=1S/C16H19N5O2S/c1-10-7-11(2)21(19-10)5-6-23-16(22)14-12(3)18-15(24-14)13-8-17-20(4)9-13/h7-9H,5-6H2,1-4H3. The Balaban J connectivity index is 1.65. The van der Waals surface area contributed by atoms with E-state index >= 15 is 0 Å². The maximum Gasteiger partial charge on any atom is 0.350 e. The molecular formula is C16H19N5O2S. The number of esters is 1. The summed E-state index contributed by atoms with van der Waals surface area (Å²) in [5.41, 5.74) is 3.58. The number of hydrogen-bond acceptors (Lipinski definition) is 6. The molecule has 8 heteroatoms. The molecule has 0 aromatic carbocycles. The number of nitrogens with zero attached hydrogens (tertiary/aromatic N) is 5. The fraction of sp³-hybridized carbons (Fsp3) is 0.375. The van der Waals surface area contributed by atoms with E-state index in [1.165, 1.54) is 11.3 Å². The van der Waals surface area contributed by atoms with Crippen LogP contribution in [0.1, 0.15) is 26.8 Å². The largest absolute Gasteiger partial charge is 0.459 e. The first-order valence-corrected chi connectivity index (χ1v) is 8.40. The number of aryl methyl sites for hydroxylation is 4. The van der Waals surface area contributed by atoms with Gasteiger partial charge in [-0.15, -0.1) is 11.3 Å². The summed E-state index contributed by atoms with van der Waals surface area (Å²) in [6.45, 7) is 6.55. The summed E-state index contributed by atoms with van der Waals surface area (Å²) in [7, 11) is 1.85. The SMILES string of the molecule is Cc1cc(C)n(CCOC(=O)c2sc(-c3cnn(C)c3)nc2C)n1. The van der Waals surface area contributed by atoms with E-state index in [4.69, 9.17) is 4.74 Å². The molecule has 0 saturated carbocycles. The molecule has 0 amide bonds. The van der Waals surface area contributed by atoms with Crippen molar-refractivity contribution in [1.82, 2.24) is 24.5 Å². The predicted molar refractivity (Wildman–Crippen MR) is 91.0 cm³/mol. The molecule has 7 nitrogen and oxygen atoms in total. The van der Waals surface area contributed by atoms with Gasteiger partial charge in [-0.1, -0.05) is 0 Å². The van der Waals surface area contributed by atoms with Crippen LogP contribution in [0.4, 0.5) is 0 Å². The summed E-state index contributed by atoms with van der Waals surface area (Å²) in [6.07, 6.45) is 3.60. The smallest absolute Gasteiger partial charge is 0.350 e. The van der Waals surface area contributed by atoms with Crippen molar-refractivity contribution >= 4 is 17.3 Å². The topological polar surface area (TPSA) is 74.8 Å². The van der Waals surface area contributed by atoms with Crippen molar-refractivity contribution in [3.8, 4) is 10.6 Å². The Morgan fingerprint density at radius 1 is 1.33 bits per heavy atom. The van der Waals surface area contributed by atoms with Crippen LogP contribution in [0.3, 0.4) is 0 Å². The highest BCUT2D eigenvalue weighted by Crippen LogP contribution is 2.27. The Morgan fingerprint density at radius 2 is 2.12 bits per heavy atom. The summed E-state index contributed by atoms with van der Waals surface area (Å²) in [4.78, 5) is 17.3. The van der Waals surface area contributed by atoms with Crippen LogP contribution < -0.4 is 0 Å². The predicted octanol–water partition coefficient (Wildman–Crippen LogP) is 2.52. The second-order valence-electron chi connectivity index (χ2n) is 5.62. The first-order valence-electron chi connectivity index (χ1n) is 7.58. The lowest BCUT2D eigenvalue weighted by atomic mass is 10.3. The average molecular weight is 345 g/mol. The molecule has 0 aliphatic carbocycles. The van der Waals surface area contributed by atoms with E-state index in [2.05, 4.69) is 15.2 Å². The van der Waals surface area contributed by atoms with Gasteiger partial charge in [0.2, 0.25) is 0 Å². The molecule has 126 valence electrons. The third-order valence-electron chi connectivity index (χ3n) is 3.57. The Kier molecular flexibility index (Phi) is 4.48. The molecule has 0 radical (unpaired) electrons. The highest BCUT2D eigenvalue weighted by atomic mass is 32.1. The average Bonchev–Trinajstić information content (AvgIpc) is 3.19. The van der Waals surface area contributed by atoms with Gasteiger partial charge in [-0.25, -0.2) is 9.78 Å². The Hall–Kier alpha value is -2.48. The second-order valence-corrected chi connectivity index (χ2v) is 6.62. The van der Waals surface area contributed by atoms with E-state index in [1.54, 1.807) is 10.9 Å². The quantitative estimate of drug-likeness (QED) is 0.664. The lowest BCUT2D eigenvalue weighted by Gasteiger charge is -2.05. The molecule has 0 aliphatic rings. The third-order valence-corrected chi connectivity index (χ3v) is 4.76. The van der Waals surface area contributed by atoms with Gasteiger partial charge in [0.05, 0.1) is 24.1 Å². The molecule has 0 spiro atoms. The van der Waals surface area contributed by atoms with Crippen LogP contribution in [0, 0.1) is 20.8 Å². The van der Waals surface area contributed by atoms with E-state index in [9.17, 15) is 4.79 Å². The van der Waals surface area contributed by atoms with Gasteiger partial charge in [0.25, 0.3) is 0 Å². The molecular weight excluding hydrogens is 326 g/mol. The normalized spacial score (nSPS) is 11.0. The number of ether oxygens (including phenoxy) is 1.